The number of rotatable bonds is 11. The summed E-state index contributed by atoms with van der Waals surface area (Å²) < 4.78 is 0. The maximum atomic E-state index is 12.1. The Balaban J connectivity index is 1.98. The lowest BCUT2D eigenvalue weighted by molar-refractivity contribution is -0.133. The molecular weight excluding hydrogens is 476 g/mol. The highest BCUT2D eigenvalue weighted by atomic mass is 16.2. The van der Waals surface area contributed by atoms with Gasteiger partial charge in [0.05, 0.1) is 12.2 Å². The smallest absolute Gasteiger partial charge is 0.241 e. The molecule has 1 aliphatic rings. The van der Waals surface area contributed by atoms with Gasteiger partial charge >= 0.3 is 0 Å². The first kappa shape index (κ1) is 30.6. The first-order valence-electron chi connectivity index (χ1n) is 13.1. The molecule has 208 valence electrons. The van der Waals surface area contributed by atoms with Gasteiger partial charge in [-0.05, 0) is 57.2 Å². The van der Waals surface area contributed by atoms with Gasteiger partial charge in [0.1, 0.15) is 5.82 Å². The second-order valence-electron chi connectivity index (χ2n) is 10.2. The van der Waals surface area contributed by atoms with E-state index in [1.54, 1.807) is 11.9 Å². The summed E-state index contributed by atoms with van der Waals surface area (Å²) in [5, 5.41) is 13.3. The molecule has 2 rings (SSSR count). The van der Waals surface area contributed by atoms with Gasteiger partial charge in [-0.25, -0.2) is 4.98 Å². The average Bonchev–Trinajstić information content (AvgIpc) is 2.90. The third-order valence-corrected chi connectivity index (χ3v) is 6.83. The van der Waals surface area contributed by atoms with E-state index in [4.69, 9.17) is 0 Å². The number of piperazine rings is 1. The Labute approximate surface area is 228 Å². The number of amides is 1. The minimum Gasteiger partial charge on any atom is -0.369 e. The lowest BCUT2D eigenvalue weighted by Gasteiger charge is -2.35. The zero-order valence-electron chi connectivity index (χ0n) is 24.4. The van der Waals surface area contributed by atoms with E-state index >= 15 is 0 Å². The first-order chi connectivity index (χ1) is 18.0. The second-order valence-corrected chi connectivity index (χ2v) is 10.2. The summed E-state index contributed by atoms with van der Waals surface area (Å²) in [6, 6.07) is 6.02. The summed E-state index contributed by atoms with van der Waals surface area (Å²) in [5.41, 5.74) is 4.78. The molecule has 2 heterocycles. The van der Waals surface area contributed by atoms with Crippen molar-refractivity contribution in [3.8, 4) is 0 Å². The van der Waals surface area contributed by atoms with Crippen molar-refractivity contribution < 1.29 is 4.79 Å². The van der Waals surface area contributed by atoms with Crippen LogP contribution in [0.25, 0.3) is 0 Å². The molecule has 9 nitrogen and oxygen atoms in total. The van der Waals surface area contributed by atoms with Crippen LogP contribution >= 0.6 is 0 Å². The monoisotopic (exact) mass is 522 g/mol. The number of aliphatic imine (C=N–C) groups is 1. The van der Waals surface area contributed by atoms with E-state index in [1.807, 2.05) is 69.4 Å². The summed E-state index contributed by atoms with van der Waals surface area (Å²) >= 11 is 0. The minimum absolute atomic E-state index is 0.109. The van der Waals surface area contributed by atoms with Gasteiger partial charge in [-0.2, -0.15) is 0 Å². The number of hydrogen-bond donors (Lipinski definition) is 4. The summed E-state index contributed by atoms with van der Waals surface area (Å²) in [4.78, 5) is 24.9. The van der Waals surface area contributed by atoms with E-state index in [0.29, 0.717) is 19.0 Å². The largest absolute Gasteiger partial charge is 0.369 e. The lowest BCUT2D eigenvalue weighted by atomic mass is 9.85. The standard InChI is InChI=1S/C29H46N8O/c1-10-24(16-21(2)23(4)37-15-14-36(9)27(38)19-37)35-28(31-8)32-17-22(3)29(5,6)20-33-26-13-11-12-25(34-26)18-30-7/h10-13,16-17,30H,4,14-15,18-20H2,1-3,5-9H3,(H,33,34)(H2,31,32,35)/b21-16-,22-17+,24-10+. The van der Waals surface area contributed by atoms with Crippen LogP contribution in [0.5, 0.6) is 0 Å². The summed E-state index contributed by atoms with van der Waals surface area (Å²) in [7, 11) is 5.49. The van der Waals surface area contributed by atoms with E-state index in [-0.39, 0.29) is 11.3 Å². The zero-order valence-corrected chi connectivity index (χ0v) is 24.4. The molecule has 0 bridgehead atoms. The van der Waals surface area contributed by atoms with Crippen LogP contribution in [0.3, 0.4) is 0 Å². The van der Waals surface area contributed by atoms with Crippen molar-refractivity contribution in [1.29, 1.82) is 0 Å². The molecule has 38 heavy (non-hydrogen) atoms. The number of likely N-dealkylation sites (N-methyl/N-ethyl adjacent to an activating group) is 1. The van der Waals surface area contributed by atoms with Gasteiger partial charge in [0, 0.05) is 63.3 Å². The van der Waals surface area contributed by atoms with Crippen LogP contribution in [0.4, 0.5) is 5.82 Å². The second kappa shape index (κ2) is 14.4. The van der Waals surface area contributed by atoms with E-state index in [2.05, 4.69) is 58.6 Å². The molecule has 0 atom stereocenters. The van der Waals surface area contributed by atoms with E-state index in [1.165, 1.54) is 5.57 Å². The number of pyridine rings is 1. The fourth-order valence-electron chi connectivity index (χ4n) is 3.72. The van der Waals surface area contributed by atoms with Gasteiger partial charge < -0.3 is 31.1 Å². The third kappa shape index (κ3) is 9.06. The molecule has 1 saturated heterocycles. The molecule has 0 aliphatic carbocycles. The molecule has 1 fully saturated rings. The number of aromatic nitrogens is 1. The zero-order chi connectivity index (χ0) is 28.3. The van der Waals surface area contributed by atoms with Gasteiger partial charge in [0.2, 0.25) is 5.91 Å². The van der Waals surface area contributed by atoms with Crippen LogP contribution < -0.4 is 21.3 Å². The van der Waals surface area contributed by atoms with Gasteiger partial charge in [0.25, 0.3) is 0 Å². The molecule has 0 saturated carbocycles. The van der Waals surface area contributed by atoms with Crippen molar-refractivity contribution in [1.82, 2.24) is 30.7 Å². The molecule has 0 radical (unpaired) electrons. The van der Waals surface area contributed by atoms with Gasteiger partial charge in [0.15, 0.2) is 5.96 Å². The minimum atomic E-state index is -0.121. The molecule has 0 unspecified atom stereocenters. The number of allylic oxidation sites excluding steroid dienone is 3. The number of nitrogens with one attached hydrogen (secondary N) is 4. The maximum Gasteiger partial charge on any atom is 0.241 e. The lowest BCUT2D eigenvalue weighted by Crippen LogP contribution is -2.47. The molecule has 1 aromatic heterocycles. The quantitative estimate of drug-likeness (QED) is 0.201. The number of anilines is 1. The fraction of sp³-hybridized carbons (Fsp3) is 0.483. The van der Waals surface area contributed by atoms with Crippen molar-refractivity contribution in [3.63, 3.8) is 0 Å². The van der Waals surface area contributed by atoms with Crippen molar-refractivity contribution in [2.75, 3.05) is 52.6 Å². The van der Waals surface area contributed by atoms with Crippen LogP contribution in [0.2, 0.25) is 0 Å². The molecule has 1 amide bonds. The Morgan fingerprint density at radius 1 is 1.26 bits per heavy atom. The Morgan fingerprint density at radius 2 is 2.00 bits per heavy atom. The molecule has 1 aromatic rings. The normalized spacial score (nSPS) is 16.1. The summed E-state index contributed by atoms with van der Waals surface area (Å²) in [6.45, 7) is 18.0. The Hall–Kier alpha value is -3.59. The van der Waals surface area contributed by atoms with Gasteiger partial charge in [-0.3, -0.25) is 9.79 Å². The molecule has 0 spiro atoms. The van der Waals surface area contributed by atoms with Crippen LogP contribution in [-0.4, -0.2) is 74.0 Å². The van der Waals surface area contributed by atoms with Gasteiger partial charge in [-0.1, -0.05) is 32.6 Å². The summed E-state index contributed by atoms with van der Waals surface area (Å²) in [5.74, 6) is 1.61. The molecule has 1 aliphatic heterocycles. The molecular formula is C29H46N8O. The average molecular weight is 523 g/mol. The van der Waals surface area contributed by atoms with Crippen LogP contribution in [-0.2, 0) is 11.3 Å². The van der Waals surface area contributed by atoms with E-state index in [0.717, 1.165) is 48.1 Å². The third-order valence-electron chi connectivity index (χ3n) is 6.83. The molecule has 4 N–H and O–H groups in total. The SMILES string of the molecule is C=C(/C(C)=C\C(=C/C)NC(=NC)N/C=C(\C)C(C)(C)CNc1cccc(CNC)n1)N1CCN(C)C(=O)C1. The van der Waals surface area contributed by atoms with Crippen LogP contribution in [0.15, 0.2) is 70.7 Å². The summed E-state index contributed by atoms with van der Waals surface area (Å²) in [6.07, 6.45) is 6.00. The van der Waals surface area contributed by atoms with Crippen molar-refractivity contribution in [2.45, 2.75) is 41.2 Å². The fourth-order valence-corrected chi connectivity index (χ4v) is 3.72. The van der Waals surface area contributed by atoms with Crippen LogP contribution in [0.1, 0.15) is 40.3 Å². The maximum absolute atomic E-state index is 12.1. The van der Waals surface area contributed by atoms with Crippen LogP contribution in [0, 0.1) is 5.41 Å². The molecule has 9 heteroatoms. The highest BCUT2D eigenvalue weighted by Crippen LogP contribution is 2.25. The number of nitrogens with zero attached hydrogens (tertiary/aromatic N) is 4. The Bertz CT molecular complexity index is 1100. The highest BCUT2D eigenvalue weighted by Gasteiger charge is 2.23. The number of hydrogen-bond acceptors (Lipinski definition) is 6. The number of carbonyl (C=O) groups excluding carboxylic acids is 1. The number of guanidine groups is 1. The Kier molecular flexibility index (Phi) is 11.6. The highest BCUT2D eigenvalue weighted by molar-refractivity contribution is 5.83. The van der Waals surface area contributed by atoms with Crippen molar-refractivity contribution in [3.05, 3.63) is 71.4 Å². The van der Waals surface area contributed by atoms with E-state index < -0.39 is 0 Å². The number of carbonyl (C=O) groups is 1. The molecule has 0 aromatic carbocycles. The predicted octanol–water partition coefficient (Wildman–Crippen LogP) is 3.45. The van der Waals surface area contributed by atoms with E-state index in [9.17, 15) is 4.79 Å². The first-order valence-corrected chi connectivity index (χ1v) is 13.1. The van der Waals surface area contributed by atoms with Gasteiger partial charge in [-0.15, -0.1) is 0 Å². The topological polar surface area (TPSA) is 96.9 Å². The van der Waals surface area contributed by atoms with Crippen molar-refractivity contribution in [2.24, 2.45) is 10.4 Å². The Morgan fingerprint density at radius 3 is 2.63 bits per heavy atom. The predicted molar refractivity (Wildman–Crippen MR) is 159 cm³/mol. The van der Waals surface area contributed by atoms with Crippen molar-refractivity contribution >= 4 is 17.7 Å².